The lowest BCUT2D eigenvalue weighted by molar-refractivity contribution is 0.0696. The van der Waals surface area contributed by atoms with Crippen molar-refractivity contribution >= 4 is 21.7 Å². The predicted molar refractivity (Wildman–Crippen MR) is 75.3 cm³/mol. The molecule has 0 saturated heterocycles. The molecule has 5 nitrogen and oxygen atoms in total. The first-order valence-corrected chi connectivity index (χ1v) is 7.55. The van der Waals surface area contributed by atoms with Crippen molar-refractivity contribution in [2.45, 2.75) is 4.90 Å². The monoisotopic (exact) mass is 345 g/mol. The number of halogens is 3. The van der Waals surface area contributed by atoms with Gasteiger partial charge in [-0.3, -0.25) is 4.31 Å². The van der Waals surface area contributed by atoms with Gasteiger partial charge in [-0.25, -0.2) is 26.4 Å². The van der Waals surface area contributed by atoms with E-state index in [1.165, 1.54) is 0 Å². The van der Waals surface area contributed by atoms with E-state index in [2.05, 4.69) is 0 Å². The first kappa shape index (κ1) is 16.8. The van der Waals surface area contributed by atoms with Gasteiger partial charge in [0.05, 0.1) is 11.3 Å². The van der Waals surface area contributed by atoms with Crippen LogP contribution in [0, 0.1) is 17.5 Å². The second-order valence-electron chi connectivity index (χ2n) is 4.52. The highest BCUT2D eigenvalue weighted by Gasteiger charge is 2.26. The van der Waals surface area contributed by atoms with Gasteiger partial charge in [-0.1, -0.05) is 0 Å². The van der Waals surface area contributed by atoms with E-state index in [1.807, 2.05) is 0 Å². The maximum Gasteiger partial charge on any atom is 0.335 e. The number of carboxylic acid groups (broad SMARTS) is 1. The lowest BCUT2D eigenvalue weighted by atomic mass is 10.2. The van der Waals surface area contributed by atoms with E-state index in [4.69, 9.17) is 5.11 Å². The van der Waals surface area contributed by atoms with E-state index < -0.39 is 43.9 Å². The molecule has 0 aliphatic heterocycles. The number of rotatable bonds is 4. The molecule has 0 fully saturated rings. The molecule has 122 valence electrons. The molecular weight excluding hydrogens is 335 g/mol. The van der Waals surface area contributed by atoms with Crippen LogP contribution in [0.2, 0.25) is 0 Å². The maximum absolute atomic E-state index is 13.8. The van der Waals surface area contributed by atoms with Crippen molar-refractivity contribution in [2.75, 3.05) is 11.4 Å². The molecule has 2 aromatic carbocycles. The number of aromatic carboxylic acids is 1. The molecule has 0 radical (unpaired) electrons. The average Bonchev–Trinajstić information content (AvgIpc) is 2.49. The van der Waals surface area contributed by atoms with E-state index in [1.54, 1.807) is 0 Å². The van der Waals surface area contributed by atoms with E-state index in [9.17, 15) is 26.4 Å². The average molecular weight is 345 g/mol. The number of nitrogens with zero attached hydrogens (tertiary/aromatic N) is 1. The highest BCUT2D eigenvalue weighted by Crippen LogP contribution is 2.26. The Balaban J connectivity index is 2.55. The summed E-state index contributed by atoms with van der Waals surface area (Å²) in [6, 6.07) is 4.62. The topological polar surface area (TPSA) is 74.7 Å². The van der Waals surface area contributed by atoms with Crippen molar-refractivity contribution in [3.63, 3.8) is 0 Å². The Hall–Kier alpha value is -2.55. The summed E-state index contributed by atoms with van der Waals surface area (Å²) in [6.45, 7) is 0. The van der Waals surface area contributed by atoms with Gasteiger partial charge in [0.15, 0.2) is 11.6 Å². The van der Waals surface area contributed by atoms with Gasteiger partial charge in [0, 0.05) is 13.1 Å². The summed E-state index contributed by atoms with van der Waals surface area (Å²) in [6.07, 6.45) is 0. The van der Waals surface area contributed by atoms with Gasteiger partial charge >= 0.3 is 5.97 Å². The lowest BCUT2D eigenvalue weighted by Crippen LogP contribution is -2.27. The van der Waals surface area contributed by atoms with Crippen LogP contribution in [0.1, 0.15) is 10.4 Å². The zero-order valence-corrected chi connectivity index (χ0v) is 12.4. The van der Waals surface area contributed by atoms with E-state index in [-0.39, 0.29) is 5.69 Å². The molecular formula is C14H10F3NO4S. The van der Waals surface area contributed by atoms with Crippen LogP contribution in [0.5, 0.6) is 0 Å². The first-order chi connectivity index (χ1) is 10.6. The number of carbonyl (C=O) groups is 1. The Morgan fingerprint density at radius 2 is 1.61 bits per heavy atom. The van der Waals surface area contributed by atoms with Crippen molar-refractivity contribution in [3.8, 4) is 0 Å². The van der Waals surface area contributed by atoms with Gasteiger partial charge in [0.1, 0.15) is 10.7 Å². The van der Waals surface area contributed by atoms with Crippen LogP contribution >= 0.6 is 0 Å². The normalized spacial score (nSPS) is 11.3. The number of hydrogen-bond acceptors (Lipinski definition) is 3. The molecule has 2 aromatic rings. The molecule has 0 aliphatic rings. The lowest BCUT2D eigenvalue weighted by Gasteiger charge is -2.20. The van der Waals surface area contributed by atoms with Crippen LogP contribution in [-0.2, 0) is 10.0 Å². The smallest absolute Gasteiger partial charge is 0.335 e. The van der Waals surface area contributed by atoms with Crippen LogP contribution in [0.15, 0.2) is 41.3 Å². The summed E-state index contributed by atoms with van der Waals surface area (Å²) in [7, 11) is -3.49. The van der Waals surface area contributed by atoms with Crippen molar-refractivity contribution in [1.82, 2.24) is 0 Å². The number of anilines is 1. The fourth-order valence-electron chi connectivity index (χ4n) is 1.80. The van der Waals surface area contributed by atoms with Gasteiger partial charge in [0.25, 0.3) is 10.0 Å². The predicted octanol–water partition coefficient (Wildman–Crippen LogP) is 2.63. The summed E-state index contributed by atoms with van der Waals surface area (Å²) in [5.74, 6) is -5.04. The number of benzene rings is 2. The molecule has 0 aliphatic carbocycles. The molecule has 0 aromatic heterocycles. The van der Waals surface area contributed by atoms with Crippen LogP contribution < -0.4 is 4.31 Å². The molecule has 1 N–H and O–H groups in total. The van der Waals surface area contributed by atoms with Gasteiger partial charge in [-0.15, -0.1) is 0 Å². The van der Waals surface area contributed by atoms with Crippen molar-refractivity contribution < 1.29 is 31.5 Å². The Bertz CT molecular complexity index is 884. The Morgan fingerprint density at radius 3 is 2.17 bits per heavy atom. The molecule has 0 bridgehead atoms. The maximum atomic E-state index is 13.8. The molecule has 0 amide bonds. The van der Waals surface area contributed by atoms with E-state index in [0.717, 1.165) is 25.2 Å². The standard InChI is InChI=1S/C14H10F3NO4S/c1-18(9-3-5-10(15)12(17)7-9)23(21,22)13-6-8(14(19)20)2-4-11(13)16/h2-7H,1H3,(H,19,20). The number of sulfonamides is 1. The van der Waals surface area contributed by atoms with Crippen molar-refractivity contribution in [1.29, 1.82) is 0 Å². The number of carboxylic acids is 1. The third-order valence-electron chi connectivity index (χ3n) is 3.08. The van der Waals surface area contributed by atoms with Crippen LogP contribution in [0.3, 0.4) is 0 Å². The minimum atomic E-state index is -4.50. The first-order valence-electron chi connectivity index (χ1n) is 6.11. The molecule has 9 heteroatoms. The van der Waals surface area contributed by atoms with Crippen LogP contribution in [-0.4, -0.2) is 26.5 Å². The molecule has 0 spiro atoms. The highest BCUT2D eigenvalue weighted by molar-refractivity contribution is 7.92. The van der Waals surface area contributed by atoms with E-state index >= 15 is 0 Å². The zero-order chi connectivity index (χ0) is 17.4. The highest BCUT2D eigenvalue weighted by atomic mass is 32.2. The Kier molecular flexibility index (Phi) is 4.33. The molecule has 2 rings (SSSR count). The molecule has 0 saturated carbocycles. The quantitative estimate of drug-likeness (QED) is 0.924. The van der Waals surface area contributed by atoms with Gasteiger partial charge in [-0.2, -0.15) is 0 Å². The summed E-state index contributed by atoms with van der Waals surface area (Å²) in [5.41, 5.74) is -0.673. The molecule has 23 heavy (non-hydrogen) atoms. The van der Waals surface area contributed by atoms with E-state index in [0.29, 0.717) is 22.5 Å². The SMILES string of the molecule is CN(c1ccc(F)c(F)c1)S(=O)(=O)c1cc(C(=O)O)ccc1F. The van der Waals surface area contributed by atoms with Gasteiger partial charge in [0.2, 0.25) is 0 Å². The minimum absolute atomic E-state index is 0.246. The summed E-state index contributed by atoms with van der Waals surface area (Å²) in [5, 5.41) is 8.87. The second-order valence-corrected chi connectivity index (χ2v) is 6.46. The fraction of sp³-hybridized carbons (Fsp3) is 0.0714. The van der Waals surface area contributed by atoms with Crippen molar-refractivity contribution in [3.05, 3.63) is 59.4 Å². The zero-order valence-electron chi connectivity index (χ0n) is 11.6. The Morgan fingerprint density at radius 1 is 1.00 bits per heavy atom. The third kappa shape index (κ3) is 3.14. The third-order valence-corrected chi connectivity index (χ3v) is 4.88. The second kappa shape index (κ2) is 5.92. The summed E-state index contributed by atoms with van der Waals surface area (Å²) >= 11 is 0. The van der Waals surface area contributed by atoms with Crippen LogP contribution in [0.4, 0.5) is 18.9 Å². The van der Waals surface area contributed by atoms with Gasteiger partial charge < -0.3 is 5.11 Å². The fourth-order valence-corrected chi connectivity index (χ4v) is 3.08. The van der Waals surface area contributed by atoms with Crippen molar-refractivity contribution in [2.24, 2.45) is 0 Å². The van der Waals surface area contributed by atoms with Gasteiger partial charge in [-0.05, 0) is 30.3 Å². The Labute approximate surface area is 129 Å². The van der Waals surface area contributed by atoms with Crippen LogP contribution in [0.25, 0.3) is 0 Å². The molecule has 0 unspecified atom stereocenters. The summed E-state index contributed by atoms with van der Waals surface area (Å²) in [4.78, 5) is 10.0. The summed E-state index contributed by atoms with van der Waals surface area (Å²) < 4.78 is 65.3. The molecule has 0 atom stereocenters. The molecule has 0 heterocycles. The largest absolute Gasteiger partial charge is 0.478 e. The minimum Gasteiger partial charge on any atom is -0.478 e. The number of hydrogen-bond donors (Lipinski definition) is 1.